The summed E-state index contributed by atoms with van der Waals surface area (Å²) in [5.41, 5.74) is 6.55. The summed E-state index contributed by atoms with van der Waals surface area (Å²) >= 11 is 0. The molecule has 1 N–H and O–H groups in total. The largest absolute Gasteiger partial charge is 0.478 e. The summed E-state index contributed by atoms with van der Waals surface area (Å²) in [6, 6.07) is 8.55. The van der Waals surface area contributed by atoms with E-state index in [1.165, 1.54) is 48.3 Å². The highest BCUT2D eigenvalue weighted by Crippen LogP contribution is 2.51. The lowest BCUT2D eigenvalue weighted by molar-refractivity contribution is -0.132. The molecule has 4 heterocycles. The average molecular weight is 435 g/mol. The molecule has 6 heteroatoms. The van der Waals surface area contributed by atoms with Gasteiger partial charge in [0.25, 0.3) is 0 Å². The summed E-state index contributed by atoms with van der Waals surface area (Å²) in [5, 5.41) is 9.39. The van der Waals surface area contributed by atoms with E-state index in [-0.39, 0.29) is 5.54 Å². The minimum absolute atomic E-state index is 0.0506. The molecule has 0 radical (unpaired) electrons. The van der Waals surface area contributed by atoms with Gasteiger partial charge in [-0.3, -0.25) is 0 Å². The summed E-state index contributed by atoms with van der Waals surface area (Å²) in [4.78, 5) is 24.0. The van der Waals surface area contributed by atoms with Gasteiger partial charge in [0.1, 0.15) is 6.79 Å². The number of benzene rings is 1. The van der Waals surface area contributed by atoms with Crippen LogP contribution in [0.5, 0.6) is 0 Å². The second-order valence-corrected chi connectivity index (χ2v) is 8.92. The van der Waals surface area contributed by atoms with Crippen LogP contribution in [0.2, 0.25) is 0 Å². The number of hydrogen-bond acceptors (Lipinski definition) is 5. The molecule has 0 bridgehead atoms. The van der Waals surface area contributed by atoms with Crippen molar-refractivity contribution in [2.75, 3.05) is 20.1 Å². The molecule has 1 aromatic heterocycles. The highest BCUT2D eigenvalue weighted by molar-refractivity contribution is 5.89. The number of likely N-dealkylation sites (tertiary alicyclic amines) is 1. The van der Waals surface area contributed by atoms with Gasteiger partial charge in [0, 0.05) is 35.0 Å². The number of aliphatic carboxylic acids is 1. The Hall–Kier alpha value is -3.12. The van der Waals surface area contributed by atoms with Crippen molar-refractivity contribution in [3.63, 3.8) is 0 Å². The van der Waals surface area contributed by atoms with E-state index in [1.54, 1.807) is 12.5 Å². The molecule has 1 spiro atoms. The molecule has 6 nitrogen and oxygen atoms in total. The first kappa shape index (κ1) is 22.1. The van der Waals surface area contributed by atoms with E-state index in [0.29, 0.717) is 12.0 Å². The first-order valence-corrected chi connectivity index (χ1v) is 11.1. The number of fused-ring (bicyclic) bond motifs is 4. The van der Waals surface area contributed by atoms with Gasteiger partial charge >= 0.3 is 5.97 Å². The second-order valence-electron chi connectivity index (χ2n) is 8.92. The van der Waals surface area contributed by atoms with Gasteiger partial charge in [0.15, 0.2) is 0 Å². The third kappa shape index (κ3) is 4.02. The van der Waals surface area contributed by atoms with Crippen LogP contribution in [0.1, 0.15) is 43.2 Å². The van der Waals surface area contributed by atoms with Gasteiger partial charge in [-0.15, -0.1) is 0 Å². The van der Waals surface area contributed by atoms with Crippen LogP contribution in [-0.2, 0) is 16.0 Å². The Balaban J connectivity index is 0.000000305. The molecule has 0 atom stereocenters. The minimum atomic E-state index is -0.814. The maximum absolute atomic E-state index is 11.4. The molecule has 168 valence electrons. The van der Waals surface area contributed by atoms with E-state index >= 15 is 0 Å². The molecule has 32 heavy (non-hydrogen) atoms. The van der Waals surface area contributed by atoms with E-state index in [4.69, 9.17) is 9.21 Å². The number of carboxylic acids is 1. The first-order valence-electron chi connectivity index (χ1n) is 11.1. The van der Waals surface area contributed by atoms with Crippen LogP contribution in [0, 0.1) is 0 Å². The first-order chi connectivity index (χ1) is 15.6. The number of allylic oxidation sites excluding steroid dienone is 1. The highest BCUT2D eigenvalue weighted by Gasteiger charge is 2.47. The van der Waals surface area contributed by atoms with Gasteiger partial charge < -0.3 is 24.1 Å². The minimum Gasteiger partial charge on any atom is -0.478 e. The van der Waals surface area contributed by atoms with Crippen LogP contribution in [0.15, 0.2) is 59.1 Å². The van der Waals surface area contributed by atoms with Crippen molar-refractivity contribution in [1.29, 1.82) is 0 Å². The van der Waals surface area contributed by atoms with Crippen LogP contribution in [-0.4, -0.2) is 53.3 Å². The summed E-state index contributed by atoms with van der Waals surface area (Å²) in [7, 11) is 2.14. The van der Waals surface area contributed by atoms with Crippen LogP contribution < -0.4 is 0 Å². The van der Waals surface area contributed by atoms with Crippen molar-refractivity contribution >= 4 is 18.5 Å². The second kappa shape index (κ2) is 9.17. The number of carboxylic acid groups (broad SMARTS) is 1. The van der Waals surface area contributed by atoms with Crippen molar-refractivity contribution in [3.8, 4) is 11.1 Å². The lowest BCUT2D eigenvalue weighted by atomic mass is 9.67. The summed E-state index contributed by atoms with van der Waals surface area (Å²) in [6.07, 6.45) is 13.7. The van der Waals surface area contributed by atoms with Crippen molar-refractivity contribution in [2.45, 2.75) is 44.1 Å². The van der Waals surface area contributed by atoms with E-state index in [2.05, 4.69) is 41.1 Å². The number of nitrogens with zero attached hydrogens (tertiary/aromatic N) is 2. The fourth-order valence-electron chi connectivity index (χ4n) is 4.87. The summed E-state index contributed by atoms with van der Waals surface area (Å²) < 4.78 is 5.22. The number of rotatable bonds is 2. The lowest BCUT2D eigenvalue weighted by Gasteiger charge is -2.55. The zero-order chi connectivity index (χ0) is 22.7. The van der Waals surface area contributed by atoms with Crippen LogP contribution in [0.3, 0.4) is 0 Å². The molecule has 4 aliphatic rings. The molecule has 3 aliphatic heterocycles. The maximum atomic E-state index is 11.4. The van der Waals surface area contributed by atoms with Crippen molar-refractivity contribution in [2.24, 2.45) is 0 Å². The van der Waals surface area contributed by atoms with Gasteiger partial charge in [0.2, 0.25) is 0 Å². The Morgan fingerprint density at radius 3 is 2.41 bits per heavy atom. The number of carbonyl (C=O) groups is 2. The SMILES string of the molecule is C=O.CN1CCC1.O=C(O)C1=CN2C(=CC1)c1ccc(-c3ccoc3)cc1CC21CCC1. The monoisotopic (exact) mass is 434 g/mol. The Bertz CT molecular complexity index is 1030. The fourth-order valence-corrected chi connectivity index (χ4v) is 4.87. The van der Waals surface area contributed by atoms with Gasteiger partial charge in [0.05, 0.1) is 18.1 Å². The van der Waals surface area contributed by atoms with Gasteiger partial charge in [-0.25, -0.2) is 4.79 Å². The predicted octanol–water partition coefficient (Wildman–Crippen LogP) is 4.58. The van der Waals surface area contributed by atoms with Gasteiger partial charge in [-0.1, -0.05) is 24.3 Å². The summed E-state index contributed by atoms with van der Waals surface area (Å²) in [5.74, 6) is -0.814. The molecule has 1 aliphatic carbocycles. The molecule has 6 rings (SSSR count). The normalized spacial score (nSPS) is 20.0. The third-order valence-corrected chi connectivity index (χ3v) is 6.96. The summed E-state index contributed by atoms with van der Waals surface area (Å²) in [6.45, 7) is 4.64. The van der Waals surface area contributed by atoms with Crippen molar-refractivity contribution in [1.82, 2.24) is 9.80 Å². The fraction of sp³-hybridized carbons (Fsp3) is 0.385. The Kier molecular flexibility index (Phi) is 6.33. The molecular formula is C26H30N2O4. The molecule has 0 amide bonds. The van der Waals surface area contributed by atoms with E-state index < -0.39 is 5.97 Å². The standard InChI is InChI=1S/C21H19NO3.C4H9N.CH2O/c23-20(24)15-3-5-19-18-4-2-14(16-6-9-25-13-16)10-17(18)11-21(7-1-8-21)22(19)12-15;1-5-3-2-4-5;1-2/h2,4-6,9-10,12-13H,1,3,7-8,11H2,(H,23,24);2-4H2,1H3;1H2. The third-order valence-electron chi connectivity index (χ3n) is 6.96. The zero-order valence-electron chi connectivity index (χ0n) is 18.5. The van der Waals surface area contributed by atoms with E-state index in [1.807, 2.05) is 19.1 Å². The van der Waals surface area contributed by atoms with E-state index in [9.17, 15) is 9.90 Å². The van der Waals surface area contributed by atoms with Gasteiger partial charge in [-0.05, 0) is 69.4 Å². The van der Waals surface area contributed by atoms with Crippen LogP contribution >= 0.6 is 0 Å². The maximum Gasteiger partial charge on any atom is 0.333 e. The topological polar surface area (TPSA) is 74.0 Å². The Morgan fingerprint density at radius 1 is 1.12 bits per heavy atom. The van der Waals surface area contributed by atoms with Crippen LogP contribution in [0.25, 0.3) is 16.8 Å². The molecule has 2 fully saturated rings. The molecular weight excluding hydrogens is 404 g/mol. The molecule has 0 unspecified atom stereocenters. The Morgan fingerprint density at radius 2 is 1.88 bits per heavy atom. The molecule has 1 saturated heterocycles. The quantitative estimate of drug-likeness (QED) is 0.746. The highest BCUT2D eigenvalue weighted by atomic mass is 16.4. The zero-order valence-corrected chi connectivity index (χ0v) is 18.5. The molecule has 1 aromatic carbocycles. The lowest BCUT2D eigenvalue weighted by Crippen LogP contribution is -2.55. The number of furan rings is 1. The van der Waals surface area contributed by atoms with Gasteiger partial charge in [-0.2, -0.15) is 0 Å². The Labute approximate surface area is 188 Å². The number of carbonyl (C=O) groups excluding carboxylic acids is 1. The smallest absolute Gasteiger partial charge is 0.333 e. The average Bonchev–Trinajstić information content (AvgIpc) is 3.32. The van der Waals surface area contributed by atoms with Crippen molar-refractivity contribution in [3.05, 3.63) is 65.8 Å². The van der Waals surface area contributed by atoms with Crippen molar-refractivity contribution < 1.29 is 19.1 Å². The predicted molar refractivity (Wildman–Crippen MR) is 124 cm³/mol. The van der Waals surface area contributed by atoms with Crippen LogP contribution in [0.4, 0.5) is 0 Å². The molecule has 2 aromatic rings. The molecule has 1 saturated carbocycles. The van der Waals surface area contributed by atoms with E-state index in [0.717, 1.165) is 24.8 Å². The number of hydrogen-bond donors (Lipinski definition) is 1.